The largest absolute Gasteiger partial charge is 0.487 e. The highest BCUT2D eigenvalue weighted by Crippen LogP contribution is 2.45. The average Bonchev–Trinajstić information content (AvgIpc) is 3.32. The number of Topliss-reactive ketones (excluding diaryl/α,β-unsaturated/α-hetero) is 1. The standard InChI is InChI=1S/C39H58O10/c1-23(2)12-9-13-24(3)14-10-15-25(4)16-11-20-39(8)21-19-29-28(7)34(26(5)27(6)35(29)49-39)46-31(42)17-18-32(43)47-37-33(44)36(30(41)22-40)48-38(37)45/h17-18,23-25,30,36-37,40-41H,9-16,19-22H2,1-8H3/b18-17-/t24-,25-,30+,36-,37?,39-/m1/s1. The minimum Gasteiger partial charge on any atom is -0.487 e. The van der Waals surface area contributed by atoms with Crippen LogP contribution in [-0.2, 0) is 35.1 Å². The van der Waals surface area contributed by atoms with Crippen LogP contribution in [0.5, 0.6) is 11.5 Å². The third kappa shape index (κ3) is 11.1. The van der Waals surface area contributed by atoms with Crippen LogP contribution in [0.1, 0.15) is 121 Å². The minimum atomic E-state index is -1.90. The van der Waals surface area contributed by atoms with E-state index < -0.39 is 48.6 Å². The zero-order valence-corrected chi connectivity index (χ0v) is 30.8. The van der Waals surface area contributed by atoms with Gasteiger partial charge in [0.1, 0.15) is 23.2 Å². The molecule has 0 aromatic heterocycles. The lowest BCUT2D eigenvalue weighted by Crippen LogP contribution is -2.38. The zero-order valence-electron chi connectivity index (χ0n) is 30.8. The van der Waals surface area contributed by atoms with Crippen LogP contribution in [0.3, 0.4) is 0 Å². The van der Waals surface area contributed by atoms with Crippen LogP contribution < -0.4 is 9.47 Å². The Kier molecular flexibility index (Phi) is 14.9. The lowest BCUT2D eigenvalue weighted by Gasteiger charge is -2.38. The molecule has 1 unspecified atom stereocenters. The van der Waals surface area contributed by atoms with Gasteiger partial charge in [0, 0.05) is 17.7 Å². The molecule has 0 bridgehead atoms. The van der Waals surface area contributed by atoms with Gasteiger partial charge in [-0.1, -0.05) is 72.6 Å². The number of ketones is 1. The van der Waals surface area contributed by atoms with E-state index in [2.05, 4.69) is 34.6 Å². The monoisotopic (exact) mass is 686 g/mol. The Morgan fingerprint density at radius 2 is 1.49 bits per heavy atom. The van der Waals surface area contributed by atoms with Crippen molar-refractivity contribution in [1.29, 1.82) is 0 Å². The van der Waals surface area contributed by atoms with E-state index in [1.807, 2.05) is 20.8 Å². The van der Waals surface area contributed by atoms with Crippen LogP contribution in [0.4, 0.5) is 0 Å². The van der Waals surface area contributed by atoms with E-state index in [-0.39, 0.29) is 5.60 Å². The van der Waals surface area contributed by atoms with Crippen molar-refractivity contribution >= 4 is 23.7 Å². The van der Waals surface area contributed by atoms with Crippen molar-refractivity contribution in [3.05, 3.63) is 34.4 Å². The van der Waals surface area contributed by atoms with Crippen LogP contribution in [-0.4, -0.2) is 64.4 Å². The first-order chi connectivity index (χ1) is 23.1. The van der Waals surface area contributed by atoms with Gasteiger partial charge in [0.2, 0.25) is 5.78 Å². The molecule has 0 spiro atoms. The Labute approximate surface area is 291 Å². The Balaban J connectivity index is 1.52. The Hall–Kier alpha value is -3.24. The molecule has 1 fully saturated rings. The summed E-state index contributed by atoms with van der Waals surface area (Å²) in [4.78, 5) is 49.2. The predicted octanol–water partition coefficient (Wildman–Crippen LogP) is 6.36. The number of benzene rings is 1. The molecule has 0 aliphatic carbocycles. The van der Waals surface area contributed by atoms with Gasteiger partial charge in [0.15, 0.2) is 6.10 Å². The number of hydrogen-bond donors (Lipinski definition) is 2. The number of aliphatic hydroxyl groups is 2. The number of fused-ring (bicyclic) bond motifs is 1. The maximum atomic E-state index is 12.7. The van der Waals surface area contributed by atoms with Gasteiger partial charge in [-0.25, -0.2) is 14.4 Å². The first-order valence-electron chi connectivity index (χ1n) is 18.0. The van der Waals surface area contributed by atoms with Gasteiger partial charge in [-0.3, -0.25) is 4.79 Å². The molecule has 1 aromatic rings. The van der Waals surface area contributed by atoms with Gasteiger partial charge in [-0.05, 0) is 87.8 Å². The molecule has 0 amide bonds. The highest BCUT2D eigenvalue weighted by atomic mass is 16.6. The van der Waals surface area contributed by atoms with Crippen LogP contribution in [0.15, 0.2) is 12.2 Å². The minimum absolute atomic E-state index is 0.272. The summed E-state index contributed by atoms with van der Waals surface area (Å²) in [6.07, 6.45) is 9.24. The molecule has 1 saturated heterocycles. The van der Waals surface area contributed by atoms with Gasteiger partial charge >= 0.3 is 17.9 Å². The number of rotatable bonds is 18. The molecule has 2 aliphatic rings. The number of carbonyl (C=O) groups excluding carboxylic acids is 4. The predicted molar refractivity (Wildman–Crippen MR) is 185 cm³/mol. The third-order valence-electron chi connectivity index (χ3n) is 10.2. The fourth-order valence-electron chi connectivity index (χ4n) is 6.82. The molecule has 2 N–H and O–H groups in total. The van der Waals surface area contributed by atoms with Crippen LogP contribution >= 0.6 is 0 Å². The van der Waals surface area contributed by atoms with E-state index >= 15 is 0 Å². The van der Waals surface area contributed by atoms with E-state index in [4.69, 9.17) is 24.1 Å². The van der Waals surface area contributed by atoms with Gasteiger partial charge < -0.3 is 29.2 Å². The van der Waals surface area contributed by atoms with Crippen molar-refractivity contribution in [3.8, 4) is 11.5 Å². The number of ether oxygens (including phenoxy) is 4. The molecule has 0 saturated carbocycles. The molecule has 0 radical (unpaired) electrons. The highest BCUT2D eigenvalue weighted by Gasteiger charge is 2.49. The molecule has 49 heavy (non-hydrogen) atoms. The molecule has 3 rings (SSSR count). The molecular weight excluding hydrogens is 628 g/mol. The number of carbonyl (C=O) groups is 4. The van der Waals surface area contributed by atoms with Crippen molar-refractivity contribution in [2.45, 2.75) is 150 Å². The summed E-state index contributed by atoms with van der Waals surface area (Å²) in [5.74, 6) is -0.615. The number of aliphatic hydroxyl groups excluding tert-OH is 2. The molecule has 10 nitrogen and oxygen atoms in total. The van der Waals surface area contributed by atoms with E-state index in [1.54, 1.807) is 0 Å². The summed E-state index contributed by atoms with van der Waals surface area (Å²) in [7, 11) is 0. The lowest BCUT2D eigenvalue weighted by atomic mass is 9.83. The van der Waals surface area contributed by atoms with E-state index in [9.17, 15) is 24.3 Å². The number of esters is 3. The molecule has 2 heterocycles. The van der Waals surface area contributed by atoms with Gasteiger partial charge in [0.25, 0.3) is 6.10 Å². The van der Waals surface area contributed by atoms with E-state index in [1.165, 1.54) is 44.9 Å². The average molecular weight is 687 g/mol. The summed E-state index contributed by atoms with van der Waals surface area (Å²) < 4.78 is 21.9. The van der Waals surface area contributed by atoms with Gasteiger partial charge in [-0.15, -0.1) is 0 Å². The first kappa shape index (κ1) is 40.2. The Morgan fingerprint density at radius 3 is 2.10 bits per heavy atom. The highest BCUT2D eigenvalue weighted by molar-refractivity contribution is 6.11. The lowest BCUT2D eigenvalue weighted by molar-refractivity contribution is -0.159. The van der Waals surface area contributed by atoms with Crippen LogP contribution in [0.25, 0.3) is 0 Å². The normalized spacial score (nSPS) is 22.4. The van der Waals surface area contributed by atoms with Gasteiger partial charge in [-0.2, -0.15) is 0 Å². The SMILES string of the molecule is Cc1c(C)c2c(c(C)c1OC(=O)/C=C\C(=O)OC1C(=O)O[C@H]([C@@H](O)CO)C1=O)CC[C@@](C)(CCC[C@H](C)CCC[C@H](C)CCCC(C)C)O2. The van der Waals surface area contributed by atoms with Crippen molar-refractivity contribution in [3.63, 3.8) is 0 Å². The van der Waals surface area contributed by atoms with Gasteiger partial charge in [0.05, 0.1) is 6.61 Å². The fourth-order valence-corrected chi connectivity index (χ4v) is 6.82. The molecule has 2 aliphatic heterocycles. The Bertz CT molecular complexity index is 1360. The van der Waals surface area contributed by atoms with Crippen molar-refractivity contribution < 1.29 is 48.3 Å². The molecular formula is C39H58O10. The van der Waals surface area contributed by atoms with Crippen LogP contribution in [0.2, 0.25) is 0 Å². The van der Waals surface area contributed by atoms with Crippen LogP contribution in [0, 0.1) is 38.5 Å². The quantitative estimate of drug-likeness (QED) is 0.0775. The second-order valence-electron chi connectivity index (χ2n) is 15.0. The van der Waals surface area contributed by atoms with Crippen molar-refractivity contribution in [1.82, 2.24) is 0 Å². The van der Waals surface area contributed by atoms with Crippen molar-refractivity contribution in [2.24, 2.45) is 17.8 Å². The second kappa shape index (κ2) is 18.1. The molecule has 1 aromatic carbocycles. The molecule has 6 atom stereocenters. The third-order valence-corrected chi connectivity index (χ3v) is 10.2. The summed E-state index contributed by atoms with van der Waals surface area (Å²) >= 11 is 0. The summed E-state index contributed by atoms with van der Waals surface area (Å²) in [5, 5.41) is 18.6. The zero-order chi connectivity index (χ0) is 36.5. The van der Waals surface area contributed by atoms with Crippen molar-refractivity contribution in [2.75, 3.05) is 6.61 Å². The van der Waals surface area contributed by atoms with E-state index in [0.29, 0.717) is 11.7 Å². The topological polar surface area (TPSA) is 146 Å². The first-order valence-corrected chi connectivity index (χ1v) is 18.0. The van der Waals surface area contributed by atoms with E-state index in [0.717, 1.165) is 77.7 Å². The second-order valence-corrected chi connectivity index (χ2v) is 15.0. The smallest absolute Gasteiger partial charge is 0.356 e. The Morgan fingerprint density at radius 1 is 0.898 bits per heavy atom. The molecule has 10 heteroatoms. The number of hydrogen-bond acceptors (Lipinski definition) is 10. The fraction of sp³-hybridized carbons (Fsp3) is 0.692. The summed E-state index contributed by atoms with van der Waals surface area (Å²) in [6, 6.07) is 0. The summed E-state index contributed by atoms with van der Waals surface area (Å²) in [5.41, 5.74) is 3.17. The number of cyclic esters (lactones) is 1. The summed E-state index contributed by atoms with van der Waals surface area (Å²) in [6.45, 7) is 16.4. The maximum absolute atomic E-state index is 12.7. The maximum Gasteiger partial charge on any atom is 0.356 e. The molecule has 274 valence electrons.